The number of nitrogens with zero attached hydrogens (tertiary/aromatic N) is 1. The topological polar surface area (TPSA) is 67.5 Å². The van der Waals surface area contributed by atoms with Crippen LogP contribution < -0.4 is 11.2 Å². The lowest BCUT2D eigenvalue weighted by Crippen LogP contribution is -2.25. The largest absolute Gasteiger partial charge is 0.350 e. The van der Waals surface area contributed by atoms with E-state index in [-0.39, 0.29) is 0 Å². The number of hydrazone groups is 1. The van der Waals surface area contributed by atoms with Gasteiger partial charge in [-0.15, -0.1) is 0 Å². The Bertz CT molecular complexity index is 481. The van der Waals surface area contributed by atoms with Crippen molar-refractivity contribution in [1.29, 1.82) is 0 Å². The van der Waals surface area contributed by atoms with E-state index in [4.69, 9.17) is 5.73 Å². The van der Waals surface area contributed by atoms with Crippen molar-refractivity contribution in [2.24, 2.45) is 10.8 Å². The van der Waals surface area contributed by atoms with E-state index in [2.05, 4.69) is 56.5 Å². The number of amides is 2. The van der Waals surface area contributed by atoms with Crippen molar-refractivity contribution in [2.45, 2.75) is 73.1 Å². The highest BCUT2D eigenvalue weighted by atomic mass is 16.2. The minimum atomic E-state index is -0.622. The molecule has 23 heavy (non-hydrogen) atoms. The van der Waals surface area contributed by atoms with E-state index in [1.807, 2.05) is 6.92 Å². The number of rotatable bonds is 10. The molecule has 0 aromatic heterocycles. The number of carbonyl (C=O) groups is 1. The summed E-state index contributed by atoms with van der Waals surface area (Å²) in [6, 6.07) is -0.622. The van der Waals surface area contributed by atoms with Gasteiger partial charge >= 0.3 is 6.03 Å². The van der Waals surface area contributed by atoms with Crippen LogP contribution in [-0.4, -0.2) is 11.7 Å². The van der Waals surface area contributed by atoms with Crippen molar-refractivity contribution in [1.82, 2.24) is 5.43 Å². The molecule has 0 fully saturated rings. The fourth-order valence-electron chi connectivity index (χ4n) is 2.07. The Morgan fingerprint density at radius 1 is 0.870 bits per heavy atom. The Balaban J connectivity index is 4.00. The lowest BCUT2D eigenvalue weighted by atomic mass is 10.1. The molecule has 0 rings (SSSR count). The van der Waals surface area contributed by atoms with Gasteiger partial charge in [0.15, 0.2) is 0 Å². The van der Waals surface area contributed by atoms with Gasteiger partial charge in [0, 0.05) is 5.71 Å². The second-order valence-electron chi connectivity index (χ2n) is 6.32. The quantitative estimate of drug-likeness (QED) is 0.323. The van der Waals surface area contributed by atoms with E-state index >= 15 is 0 Å². The normalized spacial score (nSPS) is 13.0. The third-order valence-electron chi connectivity index (χ3n) is 3.48. The summed E-state index contributed by atoms with van der Waals surface area (Å²) in [5.74, 6) is 0. The second-order valence-corrected chi connectivity index (χ2v) is 6.32. The molecule has 0 heterocycles. The molecule has 0 unspecified atom stereocenters. The summed E-state index contributed by atoms with van der Waals surface area (Å²) in [6.45, 7) is 10.6. The van der Waals surface area contributed by atoms with Crippen molar-refractivity contribution >= 4 is 11.7 Å². The van der Waals surface area contributed by atoms with Crippen molar-refractivity contribution in [2.75, 3.05) is 0 Å². The first-order valence-electron chi connectivity index (χ1n) is 8.34. The zero-order valence-electron chi connectivity index (χ0n) is 15.4. The minimum Gasteiger partial charge on any atom is -0.350 e. The molecule has 0 aliphatic rings. The maximum atomic E-state index is 10.5. The molecule has 0 radical (unpaired) electrons. The Kier molecular flexibility index (Phi) is 11.7. The Labute approximate surface area is 141 Å². The highest BCUT2D eigenvalue weighted by molar-refractivity contribution is 5.83. The average Bonchev–Trinajstić information content (AvgIpc) is 2.44. The third-order valence-corrected chi connectivity index (χ3v) is 3.48. The van der Waals surface area contributed by atoms with Gasteiger partial charge in [0.05, 0.1) is 0 Å². The van der Waals surface area contributed by atoms with Crippen LogP contribution in [0.2, 0.25) is 0 Å². The highest BCUT2D eigenvalue weighted by Gasteiger charge is 1.95. The lowest BCUT2D eigenvalue weighted by molar-refractivity contribution is 0.249. The van der Waals surface area contributed by atoms with Gasteiger partial charge in [0.25, 0.3) is 0 Å². The van der Waals surface area contributed by atoms with Crippen molar-refractivity contribution in [3.8, 4) is 0 Å². The van der Waals surface area contributed by atoms with Crippen molar-refractivity contribution in [3.63, 3.8) is 0 Å². The monoisotopic (exact) mass is 319 g/mol. The summed E-state index contributed by atoms with van der Waals surface area (Å²) in [5, 5.41) is 3.90. The third kappa shape index (κ3) is 14.8. The van der Waals surface area contributed by atoms with Gasteiger partial charge in [0.1, 0.15) is 0 Å². The van der Waals surface area contributed by atoms with Crippen LogP contribution in [0.25, 0.3) is 0 Å². The molecular weight excluding hydrogens is 286 g/mol. The van der Waals surface area contributed by atoms with Gasteiger partial charge in [0.2, 0.25) is 0 Å². The fourth-order valence-corrected chi connectivity index (χ4v) is 2.07. The lowest BCUT2D eigenvalue weighted by Gasteiger charge is -2.02. The van der Waals surface area contributed by atoms with Crippen LogP contribution in [0.15, 0.2) is 40.0 Å². The molecule has 3 N–H and O–H groups in total. The van der Waals surface area contributed by atoms with Crippen LogP contribution in [0, 0.1) is 0 Å². The number of nitrogens with one attached hydrogen (secondary N) is 1. The molecule has 0 aliphatic carbocycles. The molecule has 0 aliphatic heterocycles. The predicted octanol–water partition coefficient (Wildman–Crippen LogP) is 5.23. The molecule has 0 saturated carbocycles. The molecule has 4 heteroatoms. The maximum Gasteiger partial charge on any atom is 0.332 e. The molecule has 0 bridgehead atoms. The molecule has 0 atom stereocenters. The number of nitrogens with two attached hydrogens (primary N) is 1. The van der Waals surface area contributed by atoms with E-state index in [0.717, 1.165) is 44.2 Å². The van der Waals surface area contributed by atoms with Gasteiger partial charge < -0.3 is 5.73 Å². The zero-order valence-corrected chi connectivity index (χ0v) is 15.4. The zero-order chi connectivity index (χ0) is 17.7. The van der Waals surface area contributed by atoms with Gasteiger partial charge in [-0.1, -0.05) is 34.9 Å². The van der Waals surface area contributed by atoms with Crippen LogP contribution in [-0.2, 0) is 0 Å². The standard InChI is InChI=1S/C19H33N3O/c1-15(2)9-6-10-16(3)11-7-12-17(4)13-8-14-18(5)21-22-19(20)23/h9,11,13H,6-8,10,12,14H2,1-5H3,(H3,20,22,23)/b16-11+,17-13+,21-18+. The van der Waals surface area contributed by atoms with Crippen molar-refractivity contribution < 1.29 is 4.79 Å². The molecule has 0 aromatic carbocycles. The van der Waals surface area contributed by atoms with Gasteiger partial charge in [-0.25, -0.2) is 10.2 Å². The number of primary amides is 1. The summed E-state index contributed by atoms with van der Waals surface area (Å²) in [6.07, 6.45) is 13.1. The summed E-state index contributed by atoms with van der Waals surface area (Å²) in [7, 11) is 0. The number of carbonyl (C=O) groups excluding carboxylic acids is 1. The number of hydrogen-bond acceptors (Lipinski definition) is 2. The molecule has 4 nitrogen and oxygen atoms in total. The molecule has 0 aromatic rings. The summed E-state index contributed by atoms with van der Waals surface area (Å²) < 4.78 is 0. The molecule has 0 saturated heterocycles. The first-order valence-corrected chi connectivity index (χ1v) is 8.34. The molecule has 2 amide bonds. The molecule has 0 spiro atoms. The predicted molar refractivity (Wildman–Crippen MR) is 100 cm³/mol. The van der Waals surface area contributed by atoms with Gasteiger partial charge in [-0.05, 0) is 73.1 Å². The number of allylic oxidation sites excluding steroid dienone is 6. The van der Waals surface area contributed by atoms with Crippen LogP contribution in [0.1, 0.15) is 73.1 Å². The van der Waals surface area contributed by atoms with Crippen LogP contribution in [0.3, 0.4) is 0 Å². The first-order chi connectivity index (χ1) is 10.8. The van der Waals surface area contributed by atoms with Gasteiger partial charge in [-0.3, -0.25) is 0 Å². The van der Waals surface area contributed by atoms with E-state index in [1.54, 1.807) is 0 Å². The Morgan fingerprint density at radius 3 is 1.83 bits per heavy atom. The average molecular weight is 319 g/mol. The second kappa shape index (κ2) is 12.7. The van der Waals surface area contributed by atoms with E-state index in [9.17, 15) is 4.79 Å². The summed E-state index contributed by atoms with van der Waals surface area (Å²) in [5.41, 5.74) is 12.3. The van der Waals surface area contributed by atoms with E-state index < -0.39 is 6.03 Å². The fraction of sp³-hybridized carbons (Fsp3) is 0.579. The van der Waals surface area contributed by atoms with Crippen molar-refractivity contribution in [3.05, 3.63) is 34.9 Å². The smallest absolute Gasteiger partial charge is 0.332 e. The summed E-state index contributed by atoms with van der Waals surface area (Å²) >= 11 is 0. The number of urea groups is 1. The van der Waals surface area contributed by atoms with Gasteiger partial charge in [-0.2, -0.15) is 5.10 Å². The van der Waals surface area contributed by atoms with E-state index in [1.165, 1.54) is 16.7 Å². The SMILES string of the molecule is CC(C)=CCC/C(C)=C/CC/C(C)=C/CC/C(C)=N/NC(N)=O. The van der Waals surface area contributed by atoms with E-state index in [0.29, 0.717) is 0 Å². The molecule has 130 valence electrons. The maximum absolute atomic E-state index is 10.5. The Morgan fingerprint density at radius 2 is 1.35 bits per heavy atom. The summed E-state index contributed by atoms with van der Waals surface area (Å²) in [4.78, 5) is 10.5. The Hall–Kier alpha value is -1.84. The van der Waals surface area contributed by atoms with Crippen LogP contribution >= 0.6 is 0 Å². The van der Waals surface area contributed by atoms with Crippen LogP contribution in [0.4, 0.5) is 4.79 Å². The first kappa shape index (κ1) is 21.2. The van der Waals surface area contributed by atoms with Crippen LogP contribution in [0.5, 0.6) is 0 Å². The molecular formula is C19H33N3O. The highest BCUT2D eigenvalue weighted by Crippen LogP contribution is 2.12. The number of hydrogen-bond donors (Lipinski definition) is 2. The minimum absolute atomic E-state index is 0.622.